The maximum Gasteiger partial charge on any atom is 0.407 e. The molecule has 1 aromatic rings. The van der Waals surface area contributed by atoms with E-state index in [4.69, 9.17) is 13.7 Å². The number of alkyl carbamates (subject to hydrolysis) is 1. The normalized spacial score (nSPS) is 19.2. The second-order valence-electron chi connectivity index (χ2n) is 6.21. The molecule has 0 aromatic heterocycles. The second-order valence-corrected chi connectivity index (χ2v) is 7.85. The zero-order valence-electron chi connectivity index (χ0n) is 14.3. The summed E-state index contributed by atoms with van der Waals surface area (Å²) >= 11 is 0. The molecule has 2 atom stereocenters. The Hall–Kier alpha value is -1.64. The third kappa shape index (κ3) is 8.33. The van der Waals surface area contributed by atoms with Gasteiger partial charge in [0, 0.05) is 13.2 Å². The fourth-order valence-corrected chi connectivity index (χ4v) is 3.11. The monoisotopic (exact) mass is 371 g/mol. The summed E-state index contributed by atoms with van der Waals surface area (Å²) in [6.45, 7) is 1.39. The average Bonchev–Trinajstić information content (AvgIpc) is 2.59. The van der Waals surface area contributed by atoms with Gasteiger partial charge in [-0.2, -0.15) is 8.42 Å². The summed E-state index contributed by atoms with van der Waals surface area (Å²) in [5.41, 5.74) is 0.877. The predicted octanol–water partition coefficient (Wildman–Crippen LogP) is 2.07. The molecule has 0 spiro atoms. The van der Waals surface area contributed by atoms with Gasteiger partial charge in [-0.25, -0.2) is 4.79 Å². The van der Waals surface area contributed by atoms with Crippen molar-refractivity contribution >= 4 is 16.2 Å². The van der Waals surface area contributed by atoms with E-state index in [0.29, 0.717) is 13.0 Å². The summed E-state index contributed by atoms with van der Waals surface area (Å²) in [7, 11) is -3.57. The number of rotatable bonds is 8. The van der Waals surface area contributed by atoms with Crippen LogP contribution in [0.3, 0.4) is 0 Å². The molecule has 1 heterocycles. The van der Waals surface area contributed by atoms with Gasteiger partial charge in [-0.15, -0.1) is 0 Å². The molecule has 0 saturated carbocycles. The molecule has 0 aliphatic carbocycles. The Kier molecular flexibility index (Phi) is 7.67. The van der Waals surface area contributed by atoms with Crippen LogP contribution in [-0.4, -0.2) is 46.6 Å². The predicted molar refractivity (Wildman–Crippen MR) is 92.5 cm³/mol. The standard InChI is InChI=1S/C17H25NO6S/c1-25(20,21)24-13-16(10-15-8-5-9-22-11-15)18-17(19)23-12-14-6-3-2-4-7-14/h2-4,6-7,15-16H,5,8-13H2,1H3,(H,18,19)/t15-,16+/m0/s1. The lowest BCUT2D eigenvalue weighted by Crippen LogP contribution is -2.41. The first-order valence-electron chi connectivity index (χ1n) is 8.32. The van der Waals surface area contributed by atoms with Gasteiger partial charge in [0.15, 0.2) is 0 Å². The van der Waals surface area contributed by atoms with Gasteiger partial charge in [0.25, 0.3) is 10.1 Å². The van der Waals surface area contributed by atoms with Crippen molar-refractivity contribution in [3.63, 3.8) is 0 Å². The van der Waals surface area contributed by atoms with Crippen LogP contribution in [0, 0.1) is 5.92 Å². The highest BCUT2D eigenvalue weighted by Gasteiger charge is 2.23. The van der Waals surface area contributed by atoms with E-state index >= 15 is 0 Å². The molecule has 25 heavy (non-hydrogen) atoms. The van der Waals surface area contributed by atoms with Crippen LogP contribution in [0.15, 0.2) is 30.3 Å². The Labute approximate surface area is 148 Å². The van der Waals surface area contributed by atoms with Gasteiger partial charge < -0.3 is 14.8 Å². The first-order chi connectivity index (χ1) is 11.9. The van der Waals surface area contributed by atoms with Crippen molar-refractivity contribution in [2.45, 2.75) is 31.9 Å². The van der Waals surface area contributed by atoms with Crippen LogP contribution in [0.5, 0.6) is 0 Å². The van der Waals surface area contributed by atoms with E-state index in [9.17, 15) is 13.2 Å². The number of carbonyl (C=O) groups excluding carboxylic acids is 1. The molecule has 7 nitrogen and oxygen atoms in total. The zero-order valence-corrected chi connectivity index (χ0v) is 15.2. The van der Waals surface area contributed by atoms with Crippen LogP contribution in [0.2, 0.25) is 0 Å². The van der Waals surface area contributed by atoms with Crippen molar-refractivity contribution in [2.75, 3.05) is 26.1 Å². The SMILES string of the molecule is CS(=O)(=O)OC[C@@H](C[C@@H]1CCCOC1)NC(=O)OCc1ccccc1. The van der Waals surface area contributed by atoms with Gasteiger partial charge in [0.05, 0.1) is 18.9 Å². The molecule has 8 heteroatoms. The van der Waals surface area contributed by atoms with Crippen molar-refractivity contribution in [2.24, 2.45) is 5.92 Å². The van der Waals surface area contributed by atoms with Crippen LogP contribution >= 0.6 is 0 Å². The number of nitrogens with one attached hydrogen (secondary N) is 1. The number of carbonyl (C=O) groups is 1. The molecule has 1 amide bonds. The molecular formula is C17H25NO6S. The first kappa shape index (κ1) is 19.7. The summed E-state index contributed by atoms with van der Waals surface area (Å²) in [4.78, 5) is 12.0. The third-order valence-corrected chi connectivity index (χ3v) is 4.45. The summed E-state index contributed by atoms with van der Waals surface area (Å²) < 4.78 is 38.0. The number of benzene rings is 1. The number of hydrogen-bond donors (Lipinski definition) is 1. The third-order valence-electron chi connectivity index (χ3n) is 3.89. The topological polar surface area (TPSA) is 90.9 Å². The molecule has 1 aliphatic heterocycles. The van der Waals surface area contributed by atoms with E-state index in [-0.39, 0.29) is 19.1 Å². The van der Waals surface area contributed by atoms with Gasteiger partial charge in [0.2, 0.25) is 0 Å². The van der Waals surface area contributed by atoms with Crippen molar-refractivity contribution in [3.05, 3.63) is 35.9 Å². The maximum absolute atomic E-state index is 12.0. The molecule has 0 unspecified atom stereocenters. The fourth-order valence-electron chi connectivity index (χ4n) is 2.70. The molecule has 1 aliphatic rings. The van der Waals surface area contributed by atoms with Gasteiger partial charge in [-0.1, -0.05) is 30.3 Å². The van der Waals surface area contributed by atoms with E-state index < -0.39 is 22.3 Å². The number of ether oxygens (including phenoxy) is 2. The highest BCUT2D eigenvalue weighted by molar-refractivity contribution is 7.85. The molecule has 0 radical (unpaired) electrons. The van der Waals surface area contributed by atoms with Crippen LogP contribution < -0.4 is 5.32 Å². The summed E-state index contributed by atoms with van der Waals surface area (Å²) in [6, 6.07) is 8.87. The Morgan fingerprint density at radius 3 is 2.76 bits per heavy atom. The van der Waals surface area contributed by atoms with Crippen LogP contribution in [-0.2, 0) is 30.4 Å². The molecule has 1 saturated heterocycles. The minimum Gasteiger partial charge on any atom is -0.445 e. The lowest BCUT2D eigenvalue weighted by molar-refractivity contribution is 0.0443. The summed E-state index contributed by atoms with van der Waals surface area (Å²) in [5, 5.41) is 2.70. The van der Waals surface area contributed by atoms with Crippen molar-refractivity contribution in [1.82, 2.24) is 5.32 Å². The average molecular weight is 371 g/mol. The molecule has 1 fully saturated rings. The zero-order chi connectivity index (χ0) is 18.1. The minimum atomic E-state index is -3.57. The number of hydrogen-bond acceptors (Lipinski definition) is 6. The first-order valence-corrected chi connectivity index (χ1v) is 10.1. The van der Waals surface area contributed by atoms with Gasteiger partial charge in [-0.3, -0.25) is 4.18 Å². The van der Waals surface area contributed by atoms with E-state index in [1.54, 1.807) is 0 Å². The van der Waals surface area contributed by atoms with Crippen LogP contribution in [0.4, 0.5) is 4.79 Å². The Morgan fingerprint density at radius 1 is 1.36 bits per heavy atom. The lowest BCUT2D eigenvalue weighted by Gasteiger charge is -2.26. The van der Waals surface area contributed by atoms with E-state index in [0.717, 1.165) is 31.3 Å². The molecule has 1 aromatic carbocycles. The van der Waals surface area contributed by atoms with Crippen molar-refractivity contribution in [3.8, 4) is 0 Å². The Bertz CT molecular complexity index is 628. The van der Waals surface area contributed by atoms with E-state index in [2.05, 4.69) is 5.32 Å². The molecular weight excluding hydrogens is 346 g/mol. The van der Waals surface area contributed by atoms with E-state index in [1.165, 1.54) is 0 Å². The summed E-state index contributed by atoms with van der Waals surface area (Å²) in [6.07, 6.45) is 2.92. The minimum absolute atomic E-state index is 0.115. The fraction of sp³-hybridized carbons (Fsp3) is 0.588. The maximum atomic E-state index is 12.0. The quantitative estimate of drug-likeness (QED) is 0.704. The van der Waals surface area contributed by atoms with Gasteiger partial charge in [-0.05, 0) is 30.7 Å². The molecule has 1 N–H and O–H groups in total. The van der Waals surface area contributed by atoms with Crippen LogP contribution in [0.25, 0.3) is 0 Å². The second kappa shape index (κ2) is 9.74. The molecule has 2 rings (SSSR count). The van der Waals surface area contributed by atoms with Gasteiger partial charge >= 0.3 is 6.09 Å². The van der Waals surface area contributed by atoms with Crippen molar-refractivity contribution in [1.29, 1.82) is 0 Å². The van der Waals surface area contributed by atoms with Crippen LogP contribution in [0.1, 0.15) is 24.8 Å². The highest BCUT2D eigenvalue weighted by Crippen LogP contribution is 2.19. The van der Waals surface area contributed by atoms with Crippen molar-refractivity contribution < 1.29 is 26.9 Å². The largest absolute Gasteiger partial charge is 0.445 e. The Morgan fingerprint density at radius 2 is 2.12 bits per heavy atom. The summed E-state index contributed by atoms with van der Waals surface area (Å²) in [5.74, 6) is 0.260. The lowest BCUT2D eigenvalue weighted by atomic mass is 9.95. The van der Waals surface area contributed by atoms with E-state index in [1.807, 2.05) is 30.3 Å². The molecule has 0 bridgehead atoms. The smallest absolute Gasteiger partial charge is 0.407 e. The van der Waals surface area contributed by atoms with Gasteiger partial charge in [0.1, 0.15) is 6.61 Å². The molecule has 140 valence electrons. The Balaban J connectivity index is 1.85. The number of amides is 1. The highest BCUT2D eigenvalue weighted by atomic mass is 32.2.